The summed E-state index contributed by atoms with van der Waals surface area (Å²) in [5.74, 6) is 0.726. The van der Waals surface area contributed by atoms with Crippen LogP contribution in [0.3, 0.4) is 0 Å². The van der Waals surface area contributed by atoms with Gasteiger partial charge >= 0.3 is 0 Å². The van der Waals surface area contributed by atoms with Crippen LogP contribution < -0.4 is 0 Å². The van der Waals surface area contributed by atoms with Gasteiger partial charge in [-0.3, -0.25) is 0 Å². The van der Waals surface area contributed by atoms with Crippen molar-refractivity contribution in [3.05, 3.63) is 52.4 Å². The lowest BCUT2D eigenvalue weighted by atomic mass is 9.63. The number of aliphatic hydroxyl groups excluding tert-OH is 1. The lowest BCUT2D eigenvalue weighted by Crippen LogP contribution is -2.33. The normalized spacial score (nSPS) is 16.6. The molecule has 1 aromatic rings. The largest absolute Gasteiger partial charge is 0.396 e. The highest BCUT2D eigenvalue weighted by Gasteiger charge is 2.36. The predicted molar refractivity (Wildman–Crippen MR) is 157 cm³/mol. The van der Waals surface area contributed by atoms with E-state index in [-0.39, 0.29) is 10.8 Å². The van der Waals surface area contributed by atoms with Crippen LogP contribution in [0, 0.1) is 5.92 Å². The maximum absolute atomic E-state index is 8.29. The number of allylic oxidation sites excluding steroid dienone is 1. The lowest BCUT2D eigenvalue weighted by molar-refractivity contribution is 0.283. The number of benzene rings is 1. The Labute approximate surface area is 216 Å². The second kappa shape index (κ2) is 15.2. The van der Waals surface area contributed by atoms with Gasteiger partial charge in [0.2, 0.25) is 0 Å². The van der Waals surface area contributed by atoms with Crippen molar-refractivity contribution in [3.63, 3.8) is 0 Å². The summed E-state index contributed by atoms with van der Waals surface area (Å²) < 4.78 is 0. The van der Waals surface area contributed by atoms with Gasteiger partial charge in [-0.2, -0.15) is 0 Å². The molecule has 2 heteroatoms. The Balaban J connectivity index is 0.000000718. The van der Waals surface area contributed by atoms with E-state index in [1.54, 1.807) is 0 Å². The molecule has 34 heavy (non-hydrogen) atoms. The summed E-state index contributed by atoms with van der Waals surface area (Å²) >= 11 is 1.81. The zero-order valence-electron chi connectivity index (χ0n) is 23.7. The topological polar surface area (TPSA) is 20.2 Å². The van der Waals surface area contributed by atoms with Gasteiger partial charge < -0.3 is 5.11 Å². The molecule has 0 aromatic heterocycles. The molecule has 1 N–H and O–H groups in total. The summed E-state index contributed by atoms with van der Waals surface area (Å²) in [4.78, 5) is 1.17. The van der Waals surface area contributed by atoms with E-state index in [1.807, 2.05) is 11.8 Å². The number of rotatable bonds is 12. The first-order valence-corrected chi connectivity index (χ1v) is 14.7. The Kier molecular flexibility index (Phi) is 13.9. The van der Waals surface area contributed by atoms with Gasteiger partial charge in [-0.15, -0.1) is 0 Å². The van der Waals surface area contributed by atoms with Crippen molar-refractivity contribution in [2.45, 2.75) is 130 Å². The number of hydrogen-bond acceptors (Lipinski definition) is 2. The van der Waals surface area contributed by atoms with Crippen LogP contribution in [0.4, 0.5) is 0 Å². The Morgan fingerprint density at radius 1 is 0.941 bits per heavy atom. The van der Waals surface area contributed by atoms with Crippen LogP contribution in [0.1, 0.15) is 136 Å². The fourth-order valence-electron chi connectivity index (χ4n) is 4.93. The molecule has 0 saturated carbocycles. The summed E-state index contributed by atoms with van der Waals surface area (Å²) in [6.45, 7) is 23.4. The van der Waals surface area contributed by atoms with Crippen LogP contribution in [0.25, 0.3) is 4.91 Å². The van der Waals surface area contributed by atoms with Crippen LogP contribution in [0.5, 0.6) is 0 Å². The summed E-state index contributed by atoms with van der Waals surface area (Å²) in [6, 6.07) is 7.07. The molecule has 1 aliphatic rings. The molecular weight excluding hydrogens is 432 g/mol. The smallest absolute Gasteiger partial charge is 0.0431 e. The molecule has 0 spiro atoms. The highest BCUT2D eigenvalue weighted by molar-refractivity contribution is 8.10. The van der Waals surface area contributed by atoms with E-state index in [0.717, 1.165) is 12.3 Å². The molecule has 1 aliphatic carbocycles. The van der Waals surface area contributed by atoms with Crippen LogP contribution >= 0.6 is 11.8 Å². The van der Waals surface area contributed by atoms with Crippen LogP contribution in [-0.4, -0.2) is 11.7 Å². The highest BCUT2D eigenvalue weighted by atomic mass is 32.2. The maximum atomic E-state index is 8.29. The molecule has 2 rings (SSSR count). The van der Waals surface area contributed by atoms with Crippen molar-refractivity contribution in [3.8, 4) is 0 Å². The zero-order chi connectivity index (χ0) is 25.8. The first-order chi connectivity index (χ1) is 16.0. The van der Waals surface area contributed by atoms with Crippen molar-refractivity contribution >= 4 is 16.7 Å². The number of aliphatic hydroxyl groups is 1. The molecule has 0 amide bonds. The van der Waals surface area contributed by atoms with Gasteiger partial charge in [0.05, 0.1) is 0 Å². The number of thioether (sulfide) groups is 1. The number of hydrogen-bond donors (Lipinski definition) is 1. The quantitative estimate of drug-likeness (QED) is 0.296. The first kappa shape index (κ1) is 31.0. The van der Waals surface area contributed by atoms with Gasteiger partial charge in [-0.25, -0.2) is 0 Å². The van der Waals surface area contributed by atoms with Crippen molar-refractivity contribution in [2.75, 3.05) is 6.61 Å². The minimum atomic E-state index is 0.255. The van der Waals surface area contributed by atoms with E-state index >= 15 is 0 Å². The van der Waals surface area contributed by atoms with Crippen LogP contribution in [0.15, 0.2) is 35.8 Å². The molecule has 0 bridgehead atoms. The molecule has 0 aliphatic heterocycles. The monoisotopic (exact) mass is 486 g/mol. The Morgan fingerprint density at radius 3 is 2.06 bits per heavy atom. The molecule has 0 saturated heterocycles. The summed E-state index contributed by atoms with van der Waals surface area (Å²) in [6.07, 6.45) is 12.3. The van der Waals surface area contributed by atoms with Gasteiger partial charge in [-0.1, -0.05) is 117 Å². The highest BCUT2D eigenvalue weighted by Crippen LogP contribution is 2.47. The molecule has 0 heterocycles. The second-order valence-corrected chi connectivity index (χ2v) is 12.5. The number of unbranched alkanes of at least 4 members (excludes halogenated alkanes) is 3. The summed E-state index contributed by atoms with van der Waals surface area (Å²) in [5.41, 5.74) is 6.39. The molecule has 1 nitrogen and oxygen atoms in total. The van der Waals surface area contributed by atoms with Gasteiger partial charge in [0.15, 0.2) is 0 Å². The van der Waals surface area contributed by atoms with E-state index in [0.29, 0.717) is 6.61 Å². The molecule has 0 fully saturated rings. The summed E-state index contributed by atoms with van der Waals surface area (Å²) in [5, 5.41) is 10.6. The van der Waals surface area contributed by atoms with Crippen molar-refractivity contribution < 1.29 is 5.11 Å². The predicted octanol–water partition coefficient (Wildman–Crippen LogP) is 10.4. The molecule has 194 valence electrons. The van der Waals surface area contributed by atoms with Crippen molar-refractivity contribution in [1.29, 1.82) is 0 Å². The average Bonchev–Trinajstić information content (AvgIpc) is 2.81. The second-order valence-electron chi connectivity index (χ2n) is 11.5. The van der Waals surface area contributed by atoms with Gasteiger partial charge in [0.1, 0.15) is 0 Å². The van der Waals surface area contributed by atoms with Crippen molar-refractivity contribution in [1.82, 2.24) is 0 Å². The van der Waals surface area contributed by atoms with Crippen LogP contribution in [-0.2, 0) is 10.8 Å². The third-order valence-corrected chi connectivity index (χ3v) is 8.50. The number of fused-ring (bicyclic) bond motifs is 1. The average molecular weight is 487 g/mol. The standard InChI is InChI=1S/C26H40S.C6H14O/c1-9-11-21(12-10-2)19(3)18-27-20(4)22-13-14-23-24(17-22)26(7,8)16-15-25(23,5)6;1-2-3-4-5-6-7/h13-14,17-18,21H,4,9-12,15-16H2,1-3,5-8H3;7H,2-6H2,1H3/b19-18+;. The van der Waals surface area contributed by atoms with E-state index in [1.165, 1.54) is 85.0 Å². The lowest BCUT2D eigenvalue weighted by Gasteiger charge is -2.42. The van der Waals surface area contributed by atoms with Crippen LogP contribution in [0.2, 0.25) is 0 Å². The fourth-order valence-corrected chi connectivity index (χ4v) is 5.71. The Morgan fingerprint density at radius 2 is 1.53 bits per heavy atom. The first-order valence-electron chi connectivity index (χ1n) is 13.8. The van der Waals surface area contributed by atoms with Crippen molar-refractivity contribution in [2.24, 2.45) is 5.92 Å². The minimum Gasteiger partial charge on any atom is -0.396 e. The van der Waals surface area contributed by atoms with Gasteiger partial charge in [0, 0.05) is 11.5 Å². The zero-order valence-corrected chi connectivity index (χ0v) is 24.5. The fraction of sp³-hybridized carbons (Fsp3) is 0.688. The van der Waals surface area contributed by atoms with E-state index in [4.69, 9.17) is 5.11 Å². The van der Waals surface area contributed by atoms with Gasteiger partial charge in [0.25, 0.3) is 0 Å². The third kappa shape index (κ3) is 9.57. The molecule has 0 radical (unpaired) electrons. The Bertz CT molecular complexity index is 761. The SMILES string of the molecule is C=C(S/C=C(\C)C(CCC)CCC)c1ccc2c(c1)C(C)(C)CCC2(C)C.CCCCCCO. The molecule has 0 atom stereocenters. The molecule has 1 aromatic carbocycles. The minimum absolute atomic E-state index is 0.255. The summed E-state index contributed by atoms with van der Waals surface area (Å²) in [7, 11) is 0. The van der Waals surface area contributed by atoms with E-state index in [9.17, 15) is 0 Å². The molecular formula is C32H54OS. The maximum Gasteiger partial charge on any atom is 0.0431 e. The van der Waals surface area contributed by atoms with E-state index < -0.39 is 0 Å². The third-order valence-electron chi connectivity index (χ3n) is 7.49. The Hall–Kier alpha value is -0.990. The van der Waals surface area contributed by atoms with E-state index in [2.05, 4.69) is 85.6 Å². The van der Waals surface area contributed by atoms with Gasteiger partial charge in [-0.05, 0) is 83.9 Å². The molecule has 0 unspecified atom stereocenters.